The zero-order valence-electron chi connectivity index (χ0n) is 11.9. The third kappa shape index (κ3) is 4.60. The maximum absolute atomic E-state index is 8.85. The van der Waals surface area contributed by atoms with Gasteiger partial charge in [0, 0.05) is 24.3 Å². The van der Waals surface area contributed by atoms with E-state index < -0.39 is 0 Å². The predicted molar refractivity (Wildman–Crippen MR) is 75.9 cm³/mol. The van der Waals surface area contributed by atoms with E-state index >= 15 is 0 Å². The number of aliphatic hydroxyl groups is 1. The van der Waals surface area contributed by atoms with Crippen LogP contribution < -0.4 is 5.32 Å². The van der Waals surface area contributed by atoms with Gasteiger partial charge >= 0.3 is 0 Å². The van der Waals surface area contributed by atoms with Crippen molar-refractivity contribution in [3.05, 3.63) is 18.0 Å². The minimum absolute atomic E-state index is 0.143. The first-order valence-electron chi connectivity index (χ1n) is 7.39. The average Bonchev–Trinajstić information content (AvgIpc) is 2.87. The minimum atomic E-state index is 0.143. The molecule has 5 heteroatoms. The molecule has 5 nitrogen and oxygen atoms in total. The van der Waals surface area contributed by atoms with Gasteiger partial charge in [-0.05, 0) is 38.9 Å². The van der Waals surface area contributed by atoms with E-state index in [4.69, 9.17) is 5.11 Å². The van der Waals surface area contributed by atoms with Gasteiger partial charge in [0.2, 0.25) is 0 Å². The van der Waals surface area contributed by atoms with Gasteiger partial charge in [-0.15, -0.1) is 0 Å². The predicted octanol–water partition coefficient (Wildman–Crippen LogP) is 0.839. The van der Waals surface area contributed by atoms with Gasteiger partial charge < -0.3 is 15.3 Å². The van der Waals surface area contributed by atoms with Crippen molar-refractivity contribution < 1.29 is 5.11 Å². The molecule has 0 aliphatic carbocycles. The molecule has 0 unspecified atom stereocenters. The number of likely N-dealkylation sites (tertiary alicyclic amines) is 1. The summed E-state index contributed by atoms with van der Waals surface area (Å²) in [6.07, 6.45) is 7.63. The Balaban J connectivity index is 1.68. The van der Waals surface area contributed by atoms with Crippen LogP contribution in [0.25, 0.3) is 0 Å². The molecular formula is C14H26N4O. The molecule has 1 saturated heterocycles. The Kier molecular flexibility index (Phi) is 5.82. The molecule has 2 N–H and O–H groups in total. The third-order valence-corrected chi connectivity index (χ3v) is 3.74. The number of hydrogen-bond acceptors (Lipinski definition) is 4. The van der Waals surface area contributed by atoms with E-state index in [1.807, 2.05) is 12.4 Å². The lowest BCUT2D eigenvalue weighted by molar-refractivity contribution is 0.197. The van der Waals surface area contributed by atoms with Crippen LogP contribution in [-0.2, 0) is 13.1 Å². The van der Waals surface area contributed by atoms with Crippen LogP contribution in [0.1, 0.15) is 31.7 Å². The molecule has 1 aromatic rings. The maximum atomic E-state index is 8.85. The van der Waals surface area contributed by atoms with E-state index in [-0.39, 0.29) is 6.61 Å². The summed E-state index contributed by atoms with van der Waals surface area (Å²) < 4.78 is 1.79. The monoisotopic (exact) mass is 266 g/mol. The zero-order chi connectivity index (χ0) is 13.5. The Morgan fingerprint density at radius 3 is 2.84 bits per heavy atom. The van der Waals surface area contributed by atoms with Crippen molar-refractivity contribution in [3.8, 4) is 0 Å². The van der Waals surface area contributed by atoms with Crippen LogP contribution in [0.5, 0.6) is 0 Å². The Morgan fingerprint density at radius 2 is 2.16 bits per heavy atom. The summed E-state index contributed by atoms with van der Waals surface area (Å²) in [5.74, 6) is 0. The molecule has 108 valence electrons. The first-order chi connectivity index (χ1) is 9.31. The van der Waals surface area contributed by atoms with E-state index in [2.05, 4.69) is 22.2 Å². The second-order valence-electron chi connectivity index (χ2n) is 5.33. The SMILES string of the molecule is CCCN1CCC(NCc2cnn(CCO)c2)CC1. The van der Waals surface area contributed by atoms with Gasteiger partial charge in [0.05, 0.1) is 19.3 Å². The van der Waals surface area contributed by atoms with Gasteiger partial charge in [0.1, 0.15) is 0 Å². The highest BCUT2D eigenvalue weighted by atomic mass is 16.3. The number of nitrogens with one attached hydrogen (secondary N) is 1. The number of aliphatic hydroxyl groups excluding tert-OH is 1. The van der Waals surface area contributed by atoms with Crippen LogP contribution in [0, 0.1) is 0 Å². The van der Waals surface area contributed by atoms with E-state index in [9.17, 15) is 0 Å². The number of hydrogen-bond donors (Lipinski definition) is 2. The molecule has 1 aliphatic rings. The van der Waals surface area contributed by atoms with Crippen LogP contribution in [0.3, 0.4) is 0 Å². The largest absolute Gasteiger partial charge is 0.394 e. The van der Waals surface area contributed by atoms with Crippen LogP contribution in [0.4, 0.5) is 0 Å². The maximum Gasteiger partial charge on any atom is 0.0640 e. The van der Waals surface area contributed by atoms with Crippen LogP contribution in [0.2, 0.25) is 0 Å². The van der Waals surface area contributed by atoms with Crippen molar-refractivity contribution in [2.24, 2.45) is 0 Å². The van der Waals surface area contributed by atoms with Crippen molar-refractivity contribution in [1.29, 1.82) is 0 Å². The molecule has 0 bridgehead atoms. The number of piperidine rings is 1. The fourth-order valence-corrected chi connectivity index (χ4v) is 2.66. The fraction of sp³-hybridized carbons (Fsp3) is 0.786. The topological polar surface area (TPSA) is 53.3 Å². The highest BCUT2D eigenvalue weighted by Crippen LogP contribution is 2.11. The van der Waals surface area contributed by atoms with Crippen molar-refractivity contribution in [2.75, 3.05) is 26.2 Å². The first-order valence-corrected chi connectivity index (χ1v) is 7.39. The van der Waals surface area contributed by atoms with E-state index in [1.54, 1.807) is 4.68 Å². The molecule has 1 aliphatic heterocycles. The summed E-state index contributed by atoms with van der Waals surface area (Å²) in [5.41, 5.74) is 1.20. The lowest BCUT2D eigenvalue weighted by Crippen LogP contribution is -2.42. The summed E-state index contributed by atoms with van der Waals surface area (Å²) in [5, 5.41) is 16.7. The molecule has 19 heavy (non-hydrogen) atoms. The van der Waals surface area contributed by atoms with Crippen molar-refractivity contribution in [1.82, 2.24) is 20.0 Å². The van der Waals surface area contributed by atoms with Crippen LogP contribution >= 0.6 is 0 Å². The molecule has 0 spiro atoms. The molecule has 1 fully saturated rings. The van der Waals surface area contributed by atoms with Gasteiger partial charge in [-0.1, -0.05) is 6.92 Å². The lowest BCUT2D eigenvalue weighted by Gasteiger charge is -2.32. The molecule has 0 saturated carbocycles. The Bertz CT molecular complexity index is 358. The highest BCUT2D eigenvalue weighted by Gasteiger charge is 2.17. The van der Waals surface area contributed by atoms with E-state index in [0.29, 0.717) is 12.6 Å². The summed E-state index contributed by atoms with van der Waals surface area (Å²) in [7, 11) is 0. The summed E-state index contributed by atoms with van der Waals surface area (Å²) >= 11 is 0. The van der Waals surface area contributed by atoms with Gasteiger partial charge in [0.25, 0.3) is 0 Å². The fourth-order valence-electron chi connectivity index (χ4n) is 2.66. The molecule has 1 aromatic heterocycles. The zero-order valence-corrected chi connectivity index (χ0v) is 11.9. The molecular weight excluding hydrogens is 240 g/mol. The second kappa shape index (κ2) is 7.62. The number of aromatic nitrogens is 2. The molecule has 0 amide bonds. The molecule has 0 radical (unpaired) electrons. The van der Waals surface area contributed by atoms with Gasteiger partial charge in [-0.3, -0.25) is 4.68 Å². The Labute approximate surface area is 115 Å². The van der Waals surface area contributed by atoms with Gasteiger partial charge in [0.15, 0.2) is 0 Å². The van der Waals surface area contributed by atoms with Crippen molar-refractivity contribution in [3.63, 3.8) is 0 Å². The molecule has 0 aromatic carbocycles. The number of nitrogens with zero attached hydrogens (tertiary/aromatic N) is 3. The normalized spacial score (nSPS) is 18.0. The quantitative estimate of drug-likeness (QED) is 0.768. The molecule has 2 rings (SSSR count). The van der Waals surface area contributed by atoms with Gasteiger partial charge in [-0.2, -0.15) is 5.10 Å². The smallest absolute Gasteiger partial charge is 0.0640 e. The minimum Gasteiger partial charge on any atom is -0.394 e. The first kappa shape index (κ1) is 14.5. The summed E-state index contributed by atoms with van der Waals surface area (Å²) in [6, 6.07) is 0.634. The van der Waals surface area contributed by atoms with Crippen molar-refractivity contribution >= 4 is 0 Å². The third-order valence-electron chi connectivity index (χ3n) is 3.74. The highest BCUT2D eigenvalue weighted by molar-refractivity contribution is 5.03. The van der Waals surface area contributed by atoms with Crippen molar-refractivity contribution in [2.45, 2.75) is 45.3 Å². The standard InChI is InChI=1S/C14H26N4O/c1-2-5-17-6-3-14(4-7-17)15-10-13-11-16-18(12-13)8-9-19/h11-12,14-15,19H,2-10H2,1H3. The van der Waals surface area contributed by atoms with Gasteiger partial charge in [-0.25, -0.2) is 0 Å². The summed E-state index contributed by atoms with van der Waals surface area (Å²) in [4.78, 5) is 2.55. The number of rotatable bonds is 7. The average molecular weight is 266 g/mol. The Hall–Kier alpha value is -0.910. The Morgan fingerprint density at radius 1 is 1.37 bits per heavy atom. The molecule has 0 atom stereocenters. The summed E-state index contributed by atoms with van der Waals surface area (Å²) in [6.45, 7) is 7.52. The lowest BCUT2D eigenvalue weighted by atomic mass is 10.0. The van der Waals surface area contributed by atoms with E-state index in [0.717, 1.165) is 6.54 Å². The second-order valence-corrected chi connectivity index (χ2v) is 5.33. The van der Waals surface area contributed by atoms with Crippen LogP contribution in [-0.4, -0.2) is 52.1 Å². The van der Waals surface area contributed by atoms with E-state index in [1.165, 1.54) is 44.5 Å². The van der Waals surface area contributed by atoms with Crippen LogP contribution in [0.15, 0.2) is 12.4 Å². The molecule has 2 heterocycles.